The second-order valence-corrected chi connectivity index (χ2v) is 12.1. The van der Waals surface area contributed by atoms with E-state index in [-0.39, 0.29) is 24.5 Å². The van der Waals surface area contributed by atoms with Crippen molar-refractivity contribution >= 4 is 17.9 Å². The van der Waals surface area contributed by atoms with Crippen LogP contribution in [0.15, 0.2) is 84.9 Å². The lowest BCUT2D eigenvalue weighted by molar-refractivity contribution is -0.165. The van der Waals surface area contributed by atoms with Crippen molar-refractivity contribution in [2.24, 2.45) is 0 Å². The molecule has 2 N–H and O–H groups in total. The van der Waals surface area contributed by atoms with Crippen molar-refractivity contribution in [1.29, 1.82) is 0 Å². The Balaban J connectivity index is 1.21. The fraction of sp³-hybridized carbons (Fsp3) is 0.417. The minimum atomic E-state index is -0.888. The molecule has 1 spiro atoms. The summed E-state index contributed by atoms with van der Waals surface area (Å²) < 4.78 is 5.29. The number of hydrogen-bond donors (Lipinski definition) is 2. The summed E-state index contributed by atoms with van der Waals surface area (Å²) in [6.07, 6.45) is 2.61. The molecular weight excluding hydrogens is 552 g/mol. The molecule has 2 saturated heterocycles. The van der Waals surface area contributed by atoms with Crippen molar-refractivity contribution in [3.63, 3.8) is 0 Å². The number of piperazine rings is 1. The highest BCUT2D eigenvalue weighted by atomic mass is 16.5. The Hall–Kier alpha value is -4.17. The second-order valence-electron chi connectivity index (χ2n) is 12.1. The Bertz CT molecular complexity index is 1390. The minimum absolute atomic E-state index is 0.0536. The van der Waals surface area contributed by atoms with E-state index in [2.05, 4.69) is 64.1 Å². The highest BCUT2D eigenvalue weighted by molar-refractivity contribution is 6.00. The van der Waals surface area contributed by atoms with E-state index in [1.165, 1.54) is 5.56 Å². The Kier molecular flexibility index (Phi) is 10.3. The van der Waals surface area contributed by atoms with Crippen molar-refractivity contribution in [3.8, 4) is 0 Å². The van der Waals surface area contributed by atoms with Gasteiger partial charge in [-0.1, -0.05) is 90.5 Å². The van der Waals surface area contributed by atoms with Gasteiger partial charge in [0.1, 0.15) is 18.2 Å². The summed E-state index contributed by atoms with van der Waals surface area (Å²) in [4.78, 5) is 44.6. The smallest absolute Gasteiger partial charge is 0.407 e. The molecule has 2 aliphatic rings. The number of aryl methyl sites for hydroxylation is 1. The molecule has 0 aromatic heterocycles. The third kappa shape index (κ3) is 7.48. The average Bonchev–Trinajstić information content (AvgIpc) is 3.05. The van der Waals surface area contributed by atoms with Crippen LogP contribution in [0, 0.1) is 6.92 Å². The normalized spacial score (nSPS) is 19.0. The molecule has 5 rings (SSSR count). The van der Waals surface area contributed by atoms with Gasteiger partial charge in [0.05, 0.1) is 6.04 Å². The number of piperidine rings is 1. The molecule has 0 bridgehead atoms. The van der Waals surface area contributed by atoms with Crippen molar-refractivity contribution in [1.82, 2.24) is 20.4 Å². The Morgan fingerprint density at radius 2 is 1.59 bits per heavy atom. The molecule has 3 aromatic rings. The van der Waals surface area contributed by atoms with Crippen LogP contribution in [0.5, 0.6) is 0 Å². The molecule has 44 heavy (non-hydrogen) atoms. The first kappa shape index (κ1) is 31.3. The fourth-order valence-electron chi connectivity index (χ4n) is 6.41. The van der Waals surface area contributed by atoms with E-state index in [9.17, 15) is 14.4 Å². The van der Waals surface area contributed by atoms with E-state index in [1.54, 1.807) is 0 Å². The number of nitrogens with one attached hydrogen (secondary N) is 2. The zero-order valence-electron chi connectivity index (χ0n) is 25.8. The topological polar surface area (TPSA) is 91.0 Å². The van der Waals surface area contributed by atoms with E-state index in [1.807, 2.05) is 55.1 Å². The van der Waals surface area contributed by atoms with Crippen LogP contribution < -0.4 is 10.6 Å². The van der Waals surface area contributed by atoms with Crippen molar-refractivity contribution in [2.75, 3.05) is 26.2 Å². The molecule has 0 unspecified atom stereocenters. The highest BCUT2D eigenvalue weighted by Crippen LogP contribution is 2.39. The lowest BCUT2D eigenvalue weighted by Gasteiger charge is -2.54. The summed E-state index contributed by atoms with van der Waals surface area (Å²) in [5.74, 6) is -0.124. The number of rotatable bonds is 11. The van der Waals surface area contributed by atoms with Crippen LogP contribution in [0.25, 0.3) is 0 Å². The minimum Gasteiger partial charge on any atom is -0.445 e. The molecule has 0 aliphatic carbocycles. The van der Waals surface area contributed by atoms with Gasteiger partial charge in [0.25, 0.3) is 0 Å². The first-order valence-corrected chi connectivity index (χ1v) is 15.8. The van der Waals surface area contributed by atoms with Gasteiger partial charge >= 0.3 is 6.09 Å². The average molecular weight is 597 g/mol. The molecule has 0 radical (unpaired) electrons. The van der Waals surface area contributed by atoms with Gasteiger partial charge in [-0.05, 0) is 62.6 Å². The van der Waals surface area contributed by atoms with Gasteiger partial charge in [-0.2, -0.15) is 0 Å². The predicted octanol–water partition coefficient (Wildman–Crippen LogP) is 5.17. The van der Waals surface area contributed by atoms with E-state index >= 15 is 0 Å². The lowest BCUT2D eigenvalue weighted by atomic mass is 9.79. The first-order valence-electron chi connectivity index (χ1n) is 15.8. The fourth-order valence-corrected chi connectivity index (χ4v) is 6.41. The number of nitrogens with zero attached hydrogens (tertiary/aromatic N) is 2. The maximum absolute atomic E-state index is 14.2. The van der Waals surface area contributed by atoms with Crippen LogP contribution in [0.3, 0.4) is 0 Å². The van der Waals surface area contributed by atoms with Gasteiger partial charge in [0.15, 0.2) is 0 Å². The number of hydrogen-bond acceptors (Lipinski definition) is 5. The first-order chi connectivity index (χ1) is 21.4. The molecule has 8 nitrogen and oxygen atoms in total. The summed E-state index contributed by atoms with van der Waals surface area (Å²) >= 11 is 0. The van der Waals surface area contributed by atoms with Gasteiger partial charge in [-0.3, -0.25) is 9.59 Å². The van der Waals surface area contributed by atoms with Crippen LogP contribution in [0.2, 0.25) is 0 Å². The Labute approximate surface area is 260 Å². The number of benzene rings is 3. The van der Waals surface area contributed by atoms with E-state index in [0.717, 1.165) is 42.7 Å². The molecule has 2 atom stereocenters. The largest absolute Gasteiger partial charge is 0.445 e. The monoisotopic (exact) mass is 596 g/mol. The van der Waals surface area contributed by atoms with Crippen LogP contribution in [0.1, 0.15) is 60.9 Å². The Morgan fingerprint density at radius 1 is 0.955 bits per heavy atom. The van der Waals surface area contributed by atoms with Crippen LogP contribution in [-0.4, -0.2) is 65.5 Å². The maximum atomic E-state index is 14.2. The summed E-state index contributed by atoms with van der Waals surface area (Å²) in [6, 6.07) is 27.3. The summed E-state index contributed by atoms with van der Waals surface area (Å²) in [7, 11) is 0. The maximum Gasteiger partial charge on any atom is 0.407 e. The van der Waals surface area contributed by atoms with Crippen molar-refractivity contribution < 1.29 is 19.1 Å². The predicted molar refractivity (Wildman–Crippen MR) is 171 cm³/mol. The van der Waals surface area contributed by atoms with Crippen molar-refractivity contribution in [2.45, 2.75) is 70.2 Å². The van der Waals surface area contributed by atoms with E-state index in [0.29, 0.717) is 32.2 Å². The molecule has 3 aromatic carbocycles. The van der Waals surface area contributed by atoms with Gasteiger partial charge in [0.2, 0.25) is 11.8 Å². The van der Waals surface area contributed by atoms with Gasteiger partial charge in [-0.25, -0.2) is 4.79 Å². The standard InChI is InChI=1S/C36H44N4O4/c1-27-15-17-31(18-16-27)28(2)40-33(41)32(14-9-22-37-35(43)44-26-30-12-7-4-8-13-30)38-34(42)36(40)20-24-39(25-21-36)23-19-29-10-5-3-6-11-29/h3-8,10-13,15-18,28,32H,9,14,19-26H2,1-2H3,(H,37,43)(H,38,42)/t28-,32+/m1/s1. The summed E-state index contributed by atoms with van der Waals surface area (Å²) in [5.41, 5.74) is 3.50. The van der Waals surface area contributed by atoms with Crippen LogP contribution >= 0.6 is 0 Å². The SMILES string of the molecule is Cc1ccc([C@@H](C)N2C(=O)[C@H](CCCNC(=O)OCc3ccccc3)NC(=O)C23CCN(CCc2ccccc2)CC3)cc1. The van der Waals surface area contributed by atoms with Crippen LogP contribution in [0.4, 0.5) is 4.79 Å². The van der Waals surface area contributed by atoms with Crippen molar-refractivity contribution in [3.05, 3.63) is 107 Å². The number of alkyl carbamates (subject to hydrolysis) is 1. The van der Waals surface area contributed by atoms with Gasteiger partial charge in [0, 0.05) is 26.2 Å². The van der Waals surface area contributed by atoms with Crippen LogP contribution in [-0.2, 0) is 27.4 Å². The van der Waals surface area contributed by atoms with Gasteiger partial charge < -0.3 is 25.2 Å². The molecule has 2 fully saturated rings. The third-order valence-corrected chi connectivity index (χ3v) is 9.07. The van der Waals surface area contributed by atoms with E-state index in [4.69, 9.17) is 4.74 Å². The van der Waals surface area contributed by atoms with E-state index < -0.39 is 17.7 Å². The summed E-state index contributed by atoms with van der Waals surface area (Å²) in [6.45, 7) is 7.05. The molecule has 2 heterocycles. The molecule has 0 saturated carbocycles. The molecular formula is C36H44N4O4. The zero-order chi connectivity index (χ0) is 30.9. The molecule has 232 valence electrons. The number of likely N-dealkylation sites (tertiary alicyclic amines) is 1. The van der Waals surface area contributed by atoms with Gasteiger partial charge in [-0.15, -0.1) is 0 Å². The lowest BCUT2D eigenvalue weighted by Crippen LogP contribution is -2.73. The molecule has 3 amide bonds. The zero-order valence-corrected chi connectivity index (χ0v) is 25.8. The summed E-state index contributed by atoms with van der Waals surface area (Å²) in [5, 5.41) is 5.85. The number of ether oxygens (including phenoxy) is 1. The Morgan fingerprint density at radius 3 is 2.25 bits per heavy atom. The second kappa shape index (κ2) is 14.5. The number of amides is 3. The third-order valence-electron chi connectivity index (χ3n) is 9.07. The highest BCUT2D eigenvalue weighted by Gasteiger charge is 2.55. The number of carbonyl (C=O) groups is 3. The molecule has 2 aliphatic heterocycles. The quantitative estimate of drug-likeness (QED) is 0.298. The number of carbonyl (C=O) groups excluding carboxylic acids is 3. The molecule has 8 heteroatoms.